The van der Waals surface area contributed by atoms with E-state index in [9.17, 15) is 4.79 Å². The molecule has 1 amide bonds. The smallest absolute Gasteiger partial charge is 0.227 e. The van der Waals surface area contributed by atoms with Crippen LogP contribution in [-0.2, 0) is 4.79 Å². The van der Waals surface area contributed by atoms with Crippen molar-refractivity contribution in [1.82, 2.24) is 4.90 Å². The summed E-state index contributed by atoms with van der Waals surface area (Å²) in [5.74, 6) is 0.401. The van der Waals surface area contributed by atoms with Crippen molar-refractivity contribution in [1.29, 1.82) is 0 Å². The Morgan fingerprint density at radius 1 is 1.11 bits per heavy atom. The Hall–Kier alpha value is -0.220. The van der Waals surface area contributed by atoms with Crippen LogP contribution < -0.4 is 5.73 Å². The number of carbonyl (C=O) groups excluding carboxylic acids is 1. The van der Waals surface area contributed by atoms with E-state index in [2.05, 4.69) is 18.7 Å². The molecule has 0 aromatic carbocycles. The van der Waals surface area contributed by atoms with E-state index in [4.69, 9.17) is 5.73 Å². The van der Waals surface area contributed by atoms with Gasteiger partial charge in [0.2, 0.25) is 5.91 Å². The fraction of sp³-hybridized carbons (Fsp3) is 0.929. The summed E-state index contributed by atoms with van der Waals surface area (Å²) in [6.07, 6.45) is 5.60. The average molecular weight is 270 g/mol. The third-order valence-corrected chi connectivity index (χ3v) is 5.35. The first-order chi connectivity index (χ1) is 8.58. The first-order valence-electron chi connectivity index (χ1n) is 7.27. The van der Waals surface area contributed by atoms with Crippen LogP contribution in [0.1, 0.15) is 46.0 Å². The second-order valence-corrected chi connectivity index (χ2v) is 7.79. The van der Waals surface area contributed by atoms with E-state index in [1.807, 2.05) is 11.8 Å². The lowest BCUT2D eigenvalue weighted by atomic mass is 9.93. The van der Waals surface area contributed by atoms with Crippen molar-refractivity contribution in [2.75, 3.05) is 13.1 Å². The molecular formula is C14H26N2OS. The molecule has 3 nitrogen and oxygen atoms in total. The number of thioether (sulfide) groups is 1. The molecule has 1 heterocycles. The van der Waals surface area contributed by atoms with Gasteiger partial charge in [-0.15, -0.1) is 0 Å². The molecule has 1 aliphatic heterocycles. The predicted molar refractivity (Wildman–Crippen MR) is 77.6 cm³/mol. The van der Waals surface area contributed by atoms with E-state index in [1.165, 1.54) is 12.8 Å². The number of carbonyl (C=O) groups is 1. The summed E-state index contributed by atoms with van der Waals surface area (Å²) in [6.45, 7) is 6.23. The highest BCUT2D eigenvalue weighted by atomic mass is 32.2. The Morgan fingerprint density at radius 2 is 1.72 bits per heavy atom. The topological polar surface area (TPSA) is 46.3 Å². The van der Waals surface area contributed by atoms with E-state index >= 15 is 0 Å². The first kappa shape index (κ1) is 14.2. The van der Waals surface area contributed by atoms with E-state index in [1.54, 1.807) is 0 Å². The molecule has 2 N–H and O–H groups in total. The molecule has 1 saturated heterocycles. The van der Waals surface area contributed by atoms with Crippen molar-refractivity contribution < 1.29 is 4.79 Å². The van der Waals surface area contributed by atoms with E-state index in [-0.39, 0.29) is 12.0 Å². The van der Waals surface area contributed by atoms with Crippen LogP contribution in [0.25, 0.3) is 0 Å². The van der Waals surface area contributed by atoms with Crippen molar-refractivity contribution in [2.24, 2.45) is 11.7 Å². The molecular weight excluding hydrogens is 244 g/mol. The summed E-state index contributed by atoms with van der Waals surface area (Å²) in [6, 6.07) is 0.0835. The van der Waals surface area contributed by atoms with Gasteiger partial charge >= 0.3 is 0 Å². The van der Waals surface area contributed by atoms with Crippen molar-refractivity contribution in [3.8, 4) is 0 Å². The lowest BCUT2D eigenvalue weighted by Crippen LogP contribution is -2.50. The largest absolute Gasteiger partial charge is 0.340 e. The van der Waals surface area contributed by atoms with Crippen LogP contribution in [-0.4, -0.2) is 40.4 Å². The van der Waals surface area contributed by atoms with Gasteiger partial charge < -0.3 is 10.6 Å². The summed E-state index contributed by atoms with van der Waals surface area (Å²) in [5.41, 5.74) is 6.20. The molecule has 2 aliphatic rings. The van der Waals surface area contributed by atoms with Crippen molar-refractivity contribution >= 4 is 17.7 Å². The maximum atomic E-state index is 12.6. The van der Waals surface area contributed by atoms with Gasteiger partial charge in [-0.3, -0.25) is 4.79 Å². The van der Waals surface area contributed by atoms with Gasteiger partial charge in [0.05, 0.1) is 5.92 Å². The number of rotatable bonds is 1. The molecule has 4 heteroatoms. The molecule has 18 heavy (non-hydrogen) atoms. The van der Waals surface area contributed by atoms with Gasteiger partial charge in [0, 0.05) is 29.6 Å². The van der Waals surface area contributed by atoms with Gasteiger partial charge in [-0.1, -0.05) is 33.1 Å². The molecule has 0 aromatic heterocycles. The molecule has 0 radical (unpaired) electrons. The van der Waals surface area contributed by atoms with Crippen LogP contribution in [0, 0.1) is 5.92 Å². The highest BCUT2D eigenvalue weighted by Gasteiger charge is 2.33. The second-order valence-electron chi connectivity index (χ2n) is 5.91. The van der Waals surface area contributed by atoms with Gasteiger partial charge in [-0.05, 0) is 12.8 Å². The van der Waals surface area contributed by atoms with Crippen molar-refractivity contribution in [3.05, 3.63) is 0 Å². The summed E-state index contributed by atoms with van der Waals surface area (Å²) >= 11 is 1.99. The minimum atomic E-state index is 0.0787. The Labute approximate surface area is 115 Å². The molecule has 1 aliphatic carbocycles. The molecule has 2 fully saturated rings. The Bertz CT molecular complexity index is 288. The zero-order valence-corrected chi connectivity index (χ0v) is 12.4. The third-order valence-electron chi connectivity index (χ3n) is 4.12. The summed E-state index contributed by atoms with van der Waals surface area (Å²) < 4.78 is 0. The van der Waals surface area contributed by atoms with Crippen LogP contribution in [0.5, 0.6) is 0 Å². The highest BCUT2D eigenvalue weighted by molar-refractivity contribution is 8.00. The van der Waals surface area contributed by atoms with Crippen LogP contribution in [0.2, 0.25) is 0 Å². The minimum Gasteiger partial charge on any atom is -0.340 e. The van der Waals surface area contributed by atoms with Crippen LogP contribution in [0.3, 0.4) is 0 Å². The van der Waals surface area contributed by atoms with Crippen LogP contribution in [0.15, 0.2) is 0 Å². The summed E-state index contributed by atoms with van der Waals surface area (Å²) in [5, 5.41) is 1.11. The maximum Gasteiger partial charge on any atom is 0.227 e. The Balaban J connectivity index is 2.00. The van der Waals surface area contributed by atoms with Gasteiger partial charge in [0.25, 0.3) is 0 Å². The Morgan fingerprint density at radius 3 is 2.39 bits per heavy atom. The SMILES string of the molecule is C[C@@H]1CN(C(=O)[C@@H]2CCCCC[C@H]2N)C[C@@H](C)S1. The molecule has 0 spiro atoms. The van der Waals surface area contributed by atoms with E-state index in [0.717, 1.165) is 32.4 Å². The molecule has 4 atom stereocenters. The molecule has 104 valence electrons. The summed E-state index contributed by atoms with van der Waals surface area (Å²) in [4.78, 5) is 14.7. The van der Waals surface area contributed by atoms with Crippen LogP contribution in [0.4, 0.5) is 0 Å². The predicted octanol–water partition coefficient (Wildman–Crippen LogP) is 2.25. The molecule has 2 rings (SSSR count). The fourth-order valence-electron chi connectivity index (χ4n) is 3.24. The quantitative estimate of drug-likeness (QED) is 0.743. The number of nitrogens with two attached hydrogens (primary N) is 1. The number of amides is 1. The van der Waals surface area contributed by atoms with Gasteiger partial charge in [-0.2, -0.15) is 11.8 Å². The molecule has 1 saturated carbocycles. The molecule has 0 aromatic rings. The highest BCUT2D eigenvalue weighted by Crippen LogP contribution is 2.29. The third kappa shape index (κ3) is 3.41. The second kappa shape index (κ2) is 6.29. The van der Waals surface area contributed by atoms with E-state index in [0.29, 0.717) is 16.4 Å². The van der Waals surface area contributed by atoms with Gasteiger partial charge in [-0.25, -0.2) is 0 Å². The zero-order chi connectivity index (χ0) is 13.1. The minimum absolute atomic E-state index is 0.0787. The average Bonchev–Trinajstić information content (AvgIpc) is 2.51. The van der Waals surface area contributed by atoms with E-state index < -0.39 is 0 Å². The number of hydrogen-bond donors (Lipinski definition) is 1. The molecule has 0 bridgehead atoms. The zero-order valence-electron chi connectivity index (χ0n) is 11.6. The number of hydrogen-bond acceptors (Lipinski definition) is 3. The van der Waals surface area contributed by atoms with Crippen LogP contribution >= 0.6 is 11.8 Å². The molecule has 0 unspecified atom stereocenters. The van der Waals surface area contributed by atoms with Gasteiger partial charge in [0.15, 0.2) is 0 Å². The monoisotopic (exact) mass is 270 g/mol. The van der Waals surface area contributed by atoms with Crippen molar-refractivity contribution in [3.63, 3.8) is 0 Å². The lowest BCUT2D eigenvalue weighted by Gasteiger charge is -2.37. The first-order valence-corrected chi connectivity index (χ1v) is 8.22. The summed E-state index contributed by atoms with van der Waals surface area (Å²) in [7, 11) is 0. The lowest BCUT2D eigenvalue weighted by molar-refractivity contribution is -0.136. The standard InChI is InChI=1S/C14H26N2OS/c1-10-8-16(9-11(2)18-10)14(17)12-6-4-3-5-7-13(12)15/h10-13H,3-9,15H2,1-2H3/t10-,11-,12-,13-/m1/s1. The fourth-order valence-corrected chi connectivity index (χ4v) is 4.56. The Kier molecular flexibility index (Phi) is 4.96. The maximum absolute atomic E-state index is 12.6. The normalized spacial score (nSPS) is 38.3. The van der Waals surface area contributed by atoms with Crippen molar-refractivity contribution in [2.45, 2.75) is 62.5 Å². The number of nitrogens with zero attached hydrogens (tertiary/aromatic N) is 1. The van der Waals surface area contributed by atoms with Gasteiger partial charge in [0.1, 0.15) is 0 Å².